The van der Waals surface area contributed by atoms with Crippen molar-refractivity contribution in [2.45, 2.75) is 64.2 Å². The van der Waals surface area contributed by atoms with Crippen LogP contribution in [0, 0.1) is 0 Å². The Morgan fingerprint density at radius 3 is 2.20 bits per heavy atom. The summed E-state index contributed by atoms with van der Waals surface area (Å²) in [5, 5.41) is 0. The van der Waals surface area contributed by atoms with Gasteiger partial charge in [-0.1, -0.05) is 31.1 Å². The molecule has 0 spiro atoms. The maximum Gasteiger partial charge on any atom is 0.305 e. The number of ketones is 1. The molecule has 0 aliphatic heterocycles. The molecule has 0 amide bonds. The first-order valence-corrected chi connectivity index (χ1v) is 7.55. The van der Waals surface area contributed by atoms with Crippen LogP contribution in [0.5, 0.6) is 0 Å². The number of unbranched alkanes of at least 4 members (excludes halogenated alkanes) is 5. The van der Waals surface area contributed by atoms with Gasteiger partial charge in [-0.3, -0.25) is 9.59 Å². The van der Waals surface area contributed by atoms with Gasteiger partial charge < -0.3 is 4.74 Å². The van der Waals surface area contributed by atoms with E-state index in [2.05, 4.69) is 23.5 Å². The minimum atomic E-state index is -0.314. The number of carbonyl (C=O) groups is 2. The van der Waals surface area contributed by atoms with E-state index >= 15 is 0 Å². The van der Waals surface area contributed by atoms with E-state index in [1.54, 1.807) is 0 Å². The van der Waals surface area contributed by atoms with Gasteiger partial charge in [-0.25, -0.2) is 0 Å². The van der Waals surface area contributed by atoms with Crippen LogP contribution in [0.4, 0.5) is 0 Å². The molecule has 0 aromatic carbocycles. The lowest BCUT2D eigenvalue weighted by Gasteiger charge is -1.98. The lowest BCUT2D eigenvalue weighted by atomic mass is 10.1. The highest BCUT2D eigenvalue weighted by molar-refractivity contribution is 5.82. The van der Waals surface area contributed by atoms with Crippen molar-refractivity contribution in [2.24, 2.45) is 0 Å². The third kappa shape index (κ3) is 13.1. The molecule has 114 valence electrons. The van der Waals surface area contributed by atoms with Gasteiger partial charge in [0.15, 0.2) is 0 Å². The molecule has 0 bridgehead atoms. The molecule has 0 heterocycles. The van der Waals surface area contributed by atoms with Crippen LogP contribution >= 0.6 is 0 Å². The molecule has 20 heavy (non-hydrogen) atoms. The van der Waals surface area contributed by atoms with E-state index in [0.717, 1.165) is 19.3 Å². The monoisotopic (exact) mass is 280 g/mol. The molecule has 0 atom stereocenters. The first-order chi connectivity index (χ1) is 9.70. The maximum atomic E-state index is 11.4. The number of carbonyl (C=O) groups excluding carboxylic acids is 2. The van der Waals surface area contributed by atoms with Gasteiger partial charge in [0.05, 0.1) is 13.5 Å². The molecule has 0 fully saturated rings. The number of rotatable bonds is 13. The highest BCUT2D eigenvalue weighted by Gasteiger charge is 2.05. The van der Waals surface area contributed by atoms with E-state index in [-0.39, 0.29) is 18.2 Å². The normalized spacial score (nSPS) is 10.7. The summed E-state index contributed by atoms with van der Waals surface area (Å²) in [7, 11) is 1.34. The van der Waals surface area contributed by atoms with E-state index in [4.69, 9.17) is 0 Å². The quantitative estimate of drug-likeness (QED) is 0.286. The predicted octanol–water partition coefficient (Wildman–Crippen LogP) is 4.37. The number of hydrogen-bond acceptors (Lipinski definition) is 3. The van der Waals surface area contributed by atoms with Crippen LogP contribution in [0.1, 0.15) is 64.2 Å². The molecule has 0 aromatic rings. The third-order valence-electron chi connectivity index (χ3n) is 3.12. The van der Waals surface area contributed by atoms with Crippen LogP contribution in [0.2, 0.25) is 0 Å². The summed E-state index contributed by atoms with van der Waals surface area (Å²) in [6.45, 7) is 3.71. The van der Waals surface area contributed by atoms with Crippen LogP contribution in [0.25, 0.3) is 0 Å². The second-order valence-electron chi connectivity index (χ2n) is 4.91. The van der Waals surface area contributed by atoms with Crippen LogP contribution in [0.15, 0.2) is 24.8 Å². The molecule has 0 aliphatic carbocycles. The SMILES string of the molecule is C=CCCCCCC/C=C\CCC(=O)CCC(=O)OC. The summed E-state index contributed by atoms with van der Waals surface area (Å²) >= 11 is 0. The Morgan fingerprint density at radius 2 is 1.55 bits per heavy atom. The van der Waals surface area contributed by atoms with Crippen LogP contribution < -0.4 is 0 Å². The zero-order chi connectivity index (χ0) is 15.1. The Hall–Kier alpha value is -1.38. The Balaban J connectivity index is 3.36. The minimum Gasteiger partial charge on any atom is -0.469 e. The Kier molecular flexibility index (Phi) is 13.1. The molecule has 0 radical (unpaired) electrons. The van der Waals surface area contributed by atoms with Crippen molar-refractivity contribution in [1.29, 1.82) is 0 Å². The second kappa shape index (κ2) is 14.0. The fourth-order valence-electron chi connectivity index (χ4n) is 1.85. The zero-order valence-electron chi connectivity index (χ0n) is 12.7. The number of esters is 1. The van der Waals surface area contributed by atoms with Gasteiger partial charge in [0, 0.05) is 12.8 Å². The number of allylic oxidation sites excluding steroid dienone is 3. The van der Waals surface area contributed by atoms with E-state index in [1.807, 2.05) is 6.08 Å². The summed E-state index contributed by atoms with van der Waals surface area (Å²) in [6.07, 6.45) is 15.2. The molecular weight excluding hydrogens is 252 g/mol. The van der Waals surface area contributed by atoms with E-state index < -0.39 is 0 Å². The molecule has 0 unspecified atom stereocenters. The Bertz CT molecular complexity index is 305. The number of ether oxygens (including phenoxy) is 1. The van der Waals surface area contributed by atoms with Crippen molar-refractivity contribution in [3.63, 3.8) is 0 Å². The largest absolute Gasteiger partial charge is 0.469 e. The first-order valence-electron chi connectivity index (χ1n) is 7.55. The number of Topliss-reactive ketones (excluding diaryl/α,β-unsaturated/α-hetero) is 1. The smallest absolute Gasteiger partial charge is 0.305 e. The number of hydrogen-bond donors (Lipinski definition) is 0. The van der Waals surface area contributed by atoms with Crippen LogP contribution in [-0.2, 0) is 14.3 Å². The highest BCUT2D eigenvalue weighted by atomic mass is 16.5. The van der Waals surface area contributed by atoms with Crippen molar-refractivity contribution in [2.75, 3.05) is 7.11 Å². The lowest BCUT2D eigenvalue weighted by molar-refractivity contribution is -0.141. The number of methoxy groups -OCH3 is 1. The molecule has 0 saturated carbocycles. The van der Waals surface area contributed by atoms with Gasteiger partial charge >= 0.3 is 5.97 Å². The van der Waals surface area contributed by atoms with E-state index in [9.17, 15) is 9.59 Å². The Labute approximate surface area is 123 Å². The van der Waals surface area contributed by atoms with E-state index in [1.165, 1.54) is 32.8 Å². The lowest BCUT2D eigenvalue weighted by Crippen LogP contribution is -2.05. The average molecular weight is 280 g/mol. The molecule has 3 nitrogen and oxygen atoms in total. The van der Waals surface area contributed by atoms with Crippen LogP contribution in [0.3, 0.4) is 0 Å². The molecule has 0 aromatic heterocycles. The molecule has 3 heteroatoms. The van der Waals surface area contributed by atoms with Gasteiger partial charge in [0.1, 0.15) is 5.78 Å². The topological polar surface area (TPSA) is 43.4 Å². The summed E-state index contributed by atoms with van der Waals surface area (Å²) in [4.78, 5) is 22.3. The first kappa shape index (κ1) is 18.6. The van der Waals surface area contributed by atoms with E-state index in [0.29, 0.717) is 12.8 Å². The summed E-state index contributed by atoms with van der Waals surface area (Å²) in [6, 6.07) is 0. The highest BCUT2D eigenvalue weighted by Crippen LogP contribution is 2.07. The standard InChI is InChI=1S/C17H28O3/c1-3-4-5-6-7-8-9-10-11-12-13-16(18)14-15-17(19)20-2/h3,10-11H,1,4-9,12-15H2,2H3/b11-10-. The zero-order valence-corrected chi connectivity index (χ0v) is 12.7. The summed E-state index contributed by atoms with van der Waals surface area (Å²) in [5.74, 6) is -0.185. The van der Waals surface area contributed by atoms with Crippen molar-refractivity contribution >= 4 is 11.8 Å². The maximum absolute atomic E-state index is 11.4. The minimum absolute atomic E-state index is 0.129. The molecule has 0 N–H and O–H groups in total. The molecule has 0 rings (SSSR count). The predicted molar refractivity (Wildman–Crippen MR) is 82.5 cm³/mol. The fraction of sp³-hybridized carbons (Fsp3) is 0.647. The van der Waals surface area contributed by atoms with Gasteiger partial charge in [0.2, 0.25) is 0 Å². The molecule has 0 aliphatic rings. The van der Waals surface area contributed by atoms with Crippen molar-refractivity contribution < 1.29 is 14.3 Å². The Morgan fingerprint density at radius 1 is 0.900 bits per heavy atom. The average Bonchev–Trinajstić information content (AvgIpc) is 2.46. The van der Waals surface area contributed by atoms with Crippen LogP contribution in [-0.4, -0.2) is 18.9 Å². The van der Waals surface area contributed by atoms with Crippen molar-refractivity contribution in [1.82, 2.24) is 0 Å². The van der Waals surface area contributed by atoms with Crippen molar-refractivity contribution in [3.8, 4) is 0 Å². The van der Waals surface area contributed by atoms with Gasteiger partial charge in [0.25, 0.3) is 0 Å². The fourth-order valence-corrected chi connectivity index (χ4v) is 1.85. The van der Waals surface area contributed by atoms with Gasteiger partial charge in [-0.05, 0) is 32.1 Å². The van der Waals surface area contributed by atoms with Gasteiger partial charge in [-0.15, -0.1) is 6.58 Å². The third-order valence-corrected chi connectivity index (χ3v) is 3.12. The summed E-state index contributed by atoms with van der Waals surface area (Å²) in [5.41, 5.74) is 0. The molecule has 0 saturated heterocycles. The van der Waals surface area contributed by atoms with Crippen molar-refractivity contribution in [3.05, 3.63) is 24.8 Å². The molecular formula is C17H28O3. The van der Waals surface area contributed by atoms with Gasteiger partial charge in [-0.2, -0.15) is 0 Å². The second-order valence-corrected chi connectivity index (χ2v) is 4.91. The summed E-state index contributed by atoms with van der Waals surface area (Å²) < 4.78 is 4.50.